The number of nitrogens with zero attached hydrogens (tertiary/aromatic N) is 2. The highest BCUT2D eigenvalue weighted by molar-refractivity contribution is 6.29. The van der Waals surface area contributed by atoms with Crippen molar-refractivity contribution in [1.29, 1.82) is 0 Å². The summed E-state index contributed by atoms with van der Waals surface area (Å²) in [4.78, 5) is 8.96. The molecule has 2 rings (SSSR count). The van der Waals surface area contributed by atoms with E-state index in [2.05, 4.69) is 63.6 Å². The van der Waals surface area contributed by atoms with Gasteiger partial charge in [0.1, 0.15) is 10.3 Å². The summed E-state index contributed by atoms with van der Waals surface area (Å²) in [7, 11) is 0. The summed E-state index contributed by atoms with van der Waals surface area (Å²) in [6.07, 6.45) is 3.96. The Morgan fingerprint density at radius 1 is 0.654 bits per heavy atom. The molecule has 0 aliphatic carbocycles. The largest absolute Gasteiger partial charge is 0.241 e. The molecule has 2 aromatic heterocycles. The molecule has 0 aromatic carbocycles. The molecule has 142 valence electrons. The molecule has 0 bridgehead atoms. The van der Waals surface area contributed by atoms with E-state index < -0.39 is 0 Å². The lowest BCUT2D eigenvalue weighted by molar-refractivity contribution is 0.585. The molecule has 2 aromatic rings. The quantitative estimate of drug-likeness (QED) is 0.406. The smallest absolute Gasteiger partial charge is 0.129 e. The third-order valence-electron chi connectivity index (χ3n) is 4.54. The Hall–Kier alpha value is -1.12. The van der Waals surface area contributed by atoms with E-state index in [1.54, 1.807) is 0 Å². The molecule has 0 radical (unpaired) electrons. The van der Waals surface area contributed by atoms with Crippen molar-refractivity contribution in [2.24, 2.45) is 0 Å². The van der Waals surface area contributed by atoms with Crippen LogP contribution in [0.2, 0.25) is 10.3 Å². The van der Waals surface area contributed by atoms with Gasteiger partial charge < -0.3 is 0 Å². The lowest BCUT2D eigenvalue weighted by atomic mass is 9.87. The second-order valence-corrected chi connectivity index (χ2v) is 9.82. The van der Waals surface area contributed by atoms with Gasteiger partial charge in [0.25, 0.3) is 0 Å². The topological polar surface area (TPSA) is 25.8 Å². The number of aryl methyl sites for hydroxylation is 2. The minimum Gasteiger partial charge on any atom is -0.241 e. The minimum absolute atomic E-state index is 0.0788. The second kappa shape index (κ2) is 8.27. The second-order valence-electron chi connectivity index (χ2n) is 9.05. The zero-order valence-electron chi connectivity index (χ0n) is 16.8. The maximum Gasteiger partial charge on any atom is 0.129 e. The number of hydrogen-bond acceptors (Lipinski definition) is 2. The average molecular weight is 393 g/mol. The zero-order chi connectivity index (χ0) is 19.5. The Morgan fingerprint density at radius 2 is 1.00 bits per heavy atom. The van der Waals surface area contributed by atoms with Crippen molar-refractivity contribution in [2.45, 2.75) is 78.1 Å². The van der Waals surface area contributed by atoms with E-state index in [1.165, 1.54) is 11.1 Å². The number of unbranched alkanes of at least 4 members (excludes halogenated alkanes) is 1. The van der Waals surface area contributed by atoms with Crippen LogP contribution in [-0.2, 0) is 23.7 Å². The fourth-order valence-electron chi connectivity index (χ4n) is 2.84. The van der Waals surface area contributed by atoms with Crippen molar-refractivity contribution >= 4 is 23.2 Å². The standard InChI is InChI=1S/C22H30Cl2N2/c1-21(2,3)15-11-17(25-19(23)13-15)9-7-8-10-18-12-16(22(4,5)6)14-20(24)26-18/h11-14H,7-10H2,1-6H3. The minimum atomic E-state index is 0.0788. The first-order chi connectivity index (χ1) is 11.9. The summed E-state index contributed by atoms with van der Waals surface area (Å²) >= 11 is 12.4. The van der Waals surface area contributed by atoms with E-state index in [0.717, 1.165) is 37.1 Å². The third-order valence-corrected chi connectivity index (χ3v) is 4.93. The molecule has 4 heteroatoms. The molecule has 0 N–H and O–H groups in total. The van der Waals surface area contributed by atoms with Crippen LogP contribution < -0.4 is 0 Å². The van der Waals surface area contributed by atoms with Crippen molar-refractivity contribution in [3.63, 3.8) is 0 Å². The van der Waals surface area contributed by atoms with Gasteiger partial charge in [-0.25, -0.2) is 9.97 Å². The monoisotopic (exact) mass is 392 g/mol. The van der Waals surface area contributed by atoms with Crippen LogP contribution in [0.15, 0.2) is 24.3 Å². The van der Waals surface area contributed by atoms with E-state index in [9.17, 15) is 0 Å². The zero-order valence-corrected chi connectivity index (χ0v) is 18.3. The van der Waals surface area contributed by atoms with Gasteiger partial charge in [-0.15, -0.1) is 0 Å². The van der Waals surface area contributed by atoms with Crippen LogP contribution in [-0.4, -0.2) is 9.97 Å². The highest BCUT2D eigenvalue weighted by atomic mass is 35.5. The predicted octanol–water partition coefficient (Wildman–Crippen LogP) is 6.94. The van der Waals surface area contributed by atoms with Crippen LogP contribution in [0.3, 0.4) is 0 Å². The highest BCUT2D eigenvalue weighted by Gasteiger charge is 2.17. The van der Waals surface area contributed by atoms with Crippen molar-refractivity contribution in [3.05, 3.63) is 57.1 Å². The molecule has 0 unspecified atom stereocenters. The van der Waals surface area contributed by atoms with Gasteiger partial charge in [0, 0.05) is 11.4 Å². The molecular formula is C22H30Cl2N2. The number of aromatic nitrogens is 2. The van der Waals surface area contributed by atoms with E-state index in [4.69, 9.17) is 23.2 Å². The molecule has 0 fully saturated rings. The first-order valence-electron chi connectivity index (χ1n) is 9.29. The third kappa shape index (κ3) is 6.25. The summed E-state index contributed by atoms with van der Waals surface area (Å²) in [5.41, 5.74) is 4.76. The average Bonchev–Trinajstić information content (AvgIpc) is 2.49. The molecule has 26 heavy (non-hydrogen) atoms. The Kier molecular flexibility index (Phi) is 6.74. The van der Waals surface area contributed by atoms with Crippen LogP contribution in [0.5, 0.6) is 0 Å². The first kappa shape index (κ1) is 21.2. The van der Waals surface area contributed by atoms with Crippen LogP contribution >= 0.6 is 23.2 Å². The summed E-state index contributed by atoms with van der Waals surface area (Å²) < 4.78 is 0. The number of rotatable bonds is 5. The van der Waals surface area contributed by atoms with Gasteiger partial charge in [0.15, 0.2) is 0 Å². The Balaban J connectivity index is 1.98. The van der Waals surface area contributed by atoms with Crippen LogP contribution in [0.4, 0.5) is 0 Å². The van der Waals surface area contributed by atoms with Gasteiger partial charge in [0.2, 0.25) is 0 Å². The maximum absolute atomic E-state index is 6.21. The molecule has 0 atom stereocenters. The number of halogens is 2. The Morgan fingerprint density at radius 3 is 1.31 bits per heavy atom. The van der Waals surface area contributed by atoms with Crippen LogP contribution in [0, 0.1) is 0 Å². The summed E-state index contributed by atoms with van der Waals surface area (Å²) in [6, 6.07) is 8.30. The van der Waals surface area contributed by atoms with E-state index >= 15 is 0 Å². The van der Waals surface area contributed by atoms with Gasteiger partial charge in [-0.2, -0.15) is 0 Å². The maximum atomic E-state index is 6.21. The number of hydrogen-bond donors (Lipinski definition) is 0. The van der Waals surface area contributed by atoms with Crippen molar-refractivity contribution in [3.8, 4) is 0 Å². The van der Waals surface area contributed by atoms with Crippen molar-refractivity contribution in [1.82, 2.24) is 9.97 Å². The van der Waals surface area contributed by atoms with E-state index in [1.807, 2.05) is 12.1 Å². The lowest BCUT2D eigenvalue weighted by Gasteiger charge is -2.20. The van der Waals surface area contributed by atoms with Gasteiger partial charge in [-0.1, -0.05) is 64.7 Å². The SMILES string of the molecule is CC(C)(C)c1cc(Cl)nc(CCCCc2cc(C(C)(C)C)cc(Cl)n2)c1. The molecule has 0 aliphatic heterocycles. The summed E-state index contributed by atoms with van der Waals surface area (Å²) in [6.45, 7) is 13.2. The molecule has 0 spiro atoms. The highest BCUT2D eigenvalue weighted by Crippen LogP contribution is 2.27. The Bertz CT molecular complexity index is 690. The van der Waals surface area contributed by atoms with Gasteiger partial charge in [0.05, 0.1) is 0 Å². The fraction of sp³-hybridized carbons (Fsp3) is 0.545. The Labute approximate surface area is 168 Å². The van der Waals surface area contributed by atoms with Gasteiger partial charge in [-0.3, -0.25) is 0 Å². The van der Waals surface area contributed by atoms with E-state index in [0.29, 0.717) is 10.3 Å². The van der Waals surface area contributed by atoms with Crippen molar-refractivity contribution < 1.29 is 0 Å². The van der Waals surface area contributed by atoms with Crippen LogP contribution in [0.25, 0.3) is 0 Å². The predicted molar refractivity (Wildman–Crippen MR) is 113 cm³/mol. The summed E-state index contributed by atoms with van der Waals surface area (Å²) in [5, 5.41) is 1.16. The first-order valence-corrected chi connectivity index (χ1v) is 10.0. The fourth-order valence-corrected chi connectivity index (χ4v) is 3.29. The van der Waals surface area contributed by atoms with Crippen LogP contribution in [0.1, 0.15) is 76.9 Å². The normalized spacial score (nSPS) is 12.5. The van der Waals surface area contributed by atoms with Gasteiger partial charge in [-0.05, 0) is 71.9 Å². The van der Waals surface area contributed by atoms with E-state index in [-0.39, 0.29) is 10.8 Å². The molecule has 0 saturated carbocycles. The molecule has 2 nitrogen and oxygen atoms in total. The van der Waals surface area contributed by atoms with Crippen molar-refractivity contribution in [2.75, 3.05) is 0 Å². The molecule has 0 saturated heterocycles. The summed E-state index contributed by atoms with van der Waals surface area (Å²) in [5.74, 6) is 0. The molecule has 2 heterocycles. The molecule has 0 amide bonds. The lowest BCUT2D eigenvalue weighted by Crippen LogP contribution is -2.12. The van der Waals surface area contributed by atoms with Gasteiger partial charge >= 0.3 is 0 Å². The molecule has 0 aliphatic rings. The number of pyridine rings is 2. The molecular weight excluding hydrogens is 363 g/mol.